The molecule has 2 aliphatic heterocycles. The Labute approximate surface area is 226 Å². The lowest BCUT2D eigenvalue weighted by atomic mass is 9.99. The summed E-state index contributed by atoms with van der Waals surface area (Å²) in [5.41, 5.74) is 12.7. The number of hydrogen-bond donors (Lipinski definition) is 2. The monoisotopic (exact) mass is 524 g/mol. The van der Waals surface area contributed by atoms with Gasteiger partial charge in [-0.25, -0.2) is 0 Å². The second kappa shape index (κ2) is 11.9. The smallest absolute Gasteiger partial charge is 0.162 e. The van der Waals surface area contributed by atoms with E-state index in [4.69, 9.17) is 22.1 Å². The largest absolute Gasteiger partial charge is 0.402 e. The highest BCUT2D eigenvalue weighted by atomic mass is 35.5. The van der Waals surface area contributed by atoms with Gasteiger partial charge >= 0.3 is 0 Å². The number of nitrogens with zero attached hydrogens (tertiary/aromatic N) is 2. The summed E-state index contributed by atoms with van der Waals surface area (Å²) in [6.07, 6.45) is 1.99. The van der Waals surface area contributed by atoms with Gasteiger partial charge < -0.3 is 20.7 Å². The molecule has 1 saturated heterocycles. The van der Waals surface area contributed by atoms with Gasteiger partial charge in [0.05, 0.1) is 30.8 Å². The van der Waals surface area contributed by atoms with E-state index in [0.29, 0.717) is 23.2 Å². The van der Waals surface area contributed by atoms with Gasteiger partial charge in [-0.1, -0.05) is 43.6 Å². The number of carbonyl (C=O) groups excluding carboxylic acids is 1. The molecule has 200 valence electrons. The van der Waals surface area contributed by atoms with Crippen molar-refractivity contribution < 1.29 is 9.53 Å². The number of anilines is 2. The quantitative estimate of drug-likeness (QED) is 0.413. The lowest BCUT2D eigenvalue weighted by molar-refractivity contribution is -0.111. The fraction of sp³-hybridized carbons (Fsp3) is 0.500. The zero-order valence-corrected chi connectivity index (χ0v) is 23.6. The van der Waals surface area contributed by atoms with Crippen LogP contribution in [0.1, 0.15) is 63.6 Å². The molecule has 0 amide bonds. The van der Waals surface area contributed by atoms with Gasteiger partial charge in [0.1, 0.15) is 0 Å². The van der Waals surface area contributed by atoms with Gasteiger partial charge in [-0.2, -0.15) is 0 Å². The van der Waals surface area contributed by atoms with E-state index in [1.807, 2.05) is 6.07 Å². The minimum absolute atomic E-state index is 0.0194. The standard InChI is InChI=1S/C30H41ClN4O2/c1-19(2)25-9-6-23(16-26(25)31)7-11-29-33-27-17-24(30(21(4)32)22(5)36)8-10-28(27)35(29)18-20(3)34-12-14-37-15-13-34/h6,8-10,16-17,19-20,29,33H,7,11-15,18,32H2,1-5H3/b30-21+. The number of ether oxygens (including phenoxy) is 1. The third-order valence-corrected chi connectivity index (χ3v) is 7.89. The average molecular weight is 525 g/mol. The van der Waals surface area contributed by atoms with Crippen LogP contribution >= 0.6 is 11.6 Å². The maximum Gasteiger partial charge on any atom is 0.162 e. The van der Waals surface area contributed by atoms with Crippen LogP contribution in [0.5, 0.6) is 0 Å². The molecule has 2 aromatic carbocycles. The molecule has 0 aromatic heterocycles. The number of Topliss-reactive ketones (excluding diaryl/α,β-unsaturated/α-hetero) is 1. The van der Waals surface area contributed by atoms with E-state index in [0.717, 1.165) is 62.0 Å². The number of rotatable bonds is 9. The highest BCUT2D eigenvalue weighted by Gasteiger charge is 2.32. The van der Waals surface area contributed by atoms with Crippen molar-refractivity contribution in [1.82, 2.24) is 4.90 Å². The molecule has 2 aliphatic rings. The van der Waals surface area contributed by atoms with Crippen molar-refractivity contribution in [3.63, 3.8) is 0 Å². The molecule has 3 N–H and O–H groups in total. The van der Waals surface area contributed by atoms with E-state index in [1.54, 1.807) is 13.8 Å². The Hall–Kier alpha value is -2.54. The highest BCUT2D eigenvalue weighted by Crippen LogP contribution is 2.39. The van der Waals surface area contributed by atoms with Crippen LogP contribution in [0.25, 0.3) is 5.57 Å². The van der Waals surface area contributed by atoms with Gasteiger partial charge in [0.25, 0.3) is 0 Å². The van der Waals surface area contributed by atoms with E-state index >= 15 is 0 Å². The van der Waals surface area contributed by atoms with E-state index in [9.17, 15) is 4.79 Å². The SMILES string of the molecule is CC(=O)/C(=C(/C)N)c1ccc2c(c1)NC(CCc1ccc(C(C)C)c(Cl)c1)N2CC(C)N1CCOCC1. The molecule has 1 fully saturated rings. The highest BCUT2D eigenvalue weighted by molar-refractivity contribution is 6.31. The fourth-order valence-electron chi connectivity index (χ4n) is 5.56. The summed E-state index contributed by atoms with van der Waals surface area (Å²) in [5, 5.41) is 4.60. The number of allylic oxidation sites excluding steroid dienone is 2. The Bertz CT molecular complexity index is 1150. The number of fused-ring (bicyclic) bond motifs is 1. The van der Waals surface area contributed by atoms with Crippen LogP contribution in [0.2, 0.25) is 5.02 Å². The molecular weight excluding hydrogens is 484 g/mol. The topological polar surface area (TPSA) is 70.8 Å². The number of hydrogen-bond acceptors (Lipinski definition) is 6. The Kier molecular flexibility index (Phi) is 8.83. The van der Waals surface area contributed by atoms with Crippen molar-refractivity contribution in [1.29, 1.82) is 0 Å². The zero-order chi connectivity index (χ0) is 26.7. The summed E-state index contributed by atoms with van der Waals surface area (Å²) in [5.74, 6) is 0.388. The molecule has 2 heterocycles. The van der Waals surface area contributed by atoms with Crippen molar-refractivity contribution >= 4 is 34.3 Å². The summed E-state index contributed by atoms with van der Waals surface area (Å²) in [7, 11) is 0. The summed E-state index contributed by atoms with van der Waals surface area (Å²) in [6, 6.07) is 13.1. The van der Waals surface area contributed by atoms with Gasteiger partial charge in [-0.3, -0.25) is 9.69 Å². The molecule has 2 aromatic rings. The Balaban J connectivity index is 1.58. The molecule has 0 saturated carbocycles. The first-order valence-corrected chi connectivity index (χ1v) is 13.8. The first-order chi connectivity index (χ1) is 17.7. The summed E-state index contributed by atoms with van der Waals surface area (Å²) >= 11 is 6.59. The van der Waals surface area contributed by atoms with Crippen LogP contribution in [-0.2, 0) is 16.0 Å². The molecule has 0 radical (unpaired) electrons. The number of carbonyl (C=O) groups is 1. The number of aryl methyl sites for hydroxylation is 1. The molecule has 2 atom stereocenters. The van der Waals surface area contributed by atoms with E-state index < -0.39 is 0 Å². The molecule has 0 spiro atoms. The predicted molar refractivity (Wildman–Crippen MR) is 154 cm³/mol. The number of halogens is 1. The Morgan fingerprint density at radius 3 is 2.49 bits per heavy atom. The molecule has 0 bridgehead atoms. The Morgan fingerprint density at radius 2 is 1.86 bits per heavy atom. The number of benzene rings is 2. The van der Waals surface area contributed by atoms with Gasteiger partial charge in [0.2, 0.25) is 0 Å². The van der Waals surface area contributed by atoms with Crippen molar-refractivity contribution in [3.8, 4) is 0 Å². The van der Waals surface area contributed by atoms with Gasteiger partial charge in [-0.15, -0.1) is 0 Å². The van der Waals surface area contributed by atoms with Crippen molar-refractivity contribution in [3.05, 3.63) is 63.8 Å². The van der Waals surface area contributed by atoms with Crippen LogP contribution in [-0.4, -0.2) is 55.7 Å². The lowest BCUT2D eigenvalue weighted by Crippen LogP contribution is -2.49. The van der Waals surface area contributed by atoms with Gasteiger partial charge in [-0.05, 0) is 74.4 Å². The average Bonchev–Trinajstić information content (AvgIpc) is 3.19. The molecule has 6 nitrogen and oxygen atoms in total. The second-order valence-corrected chi connectivity index (χ2v) is 11.1. The van der Waals surface area contributed by atoms with Gasteiger partial charge in [0.15, 0.2) is 5.78 Å². The first kappa shape index (κ1) is 27.5. The van der Waals surface area contributed by atoms with Crippen LogP contribution in [0.4, 0.5) is 11.4 Å². The minimum atomic E-state index is -0.0194. The second-order valence-electron chi connectivity index (χ2n) is 10.7. The normalized spacial score (nSPS) is 19.4. The van der Waals surface area contributed by atoms with Crippen LogP contribution in [0, 0.1) is 0 Å². The summed E-state index contributed by atoms with van der Waals surface area (Å²) < 4.78 is 5.57. The van der Waals surface area contributed by atoms with E-state index in [-0.39, 0.29) is 11.9 Å². The fourth-order valence-corrected chi connectivity index (χ4v) is 5.98. The molecule has 37 heavy (non-hydrogen) atoms. The number of morpholine rings is 1. The molecule has 0 aliphatic carbocycles. The molecule has 2 unspecified atom stereocenters. The summed E-state index contributed by atoms with van der Waals surface area (Å²) in [6.45, 7) is 14.4. The maximum absolute atomic E-state index is 12.3. The van der Waals surface area contributed by atoms with Gasteiger partial charge in [0, 0.05) is 42.0 Å². The third-order valence-electron chi connectivity index (χ3n) is 7.56. The predicted octanol–water partition coefficient (Wildman–Crippen LogP) is 5.65. The maximum atomic E-state index is 12.3. The van der Waals surface area contributed by atoms with Crippen LogP contribution in [0.15, 0.2) is 42.1 Å². The number of nitrogens with two attached hydrogens (primary N) is 1. The van der Waals surface area contributed by atoms with Crippen molar-refractivity contribution in [2.45, 2.75) is 65.6 Å². The first-order valence-electron chi connectivity index (χ1n) is 13.4. The zero-order valence-electron chi connectivity index (χ0n) is 22.8. The van der Waals surface area contributed by atoms with Crippen molar-refractivity contribution in [2.24, 2.45) is 5.73 Å². The number of ketones is 1. The molecule has 7 heteroatoms. The van der Waals surface area contributed by atoms with E-state index in [1.165, 1.54) is 16.8 Å². The Morgan fingerprint density at radius 1 is 1.14 bits per heavy atom. The minimum Gasteiger partial charge on any atom is -0.402 e. The summed E-state index contributed by atoms with van der Waals surface area (Å²) in [4.78, 5) is 17.3. The molecular formula is C30H41ClN4O2. The van der Waals surface area contributed by atoms with E-state index in [2.05, 4.69) is 66.2 Å². The molecule has 4 rings (SSSR count). The third kappa shape index (κ3) is 6.31. The lowest BCUT2D eigenvalue weighted by Gasteiger charge is -2.37. The number of nitrogens with one attached hydrogen (secondary N) is 1. The van der Waals surface area contributed by atoms with Crippen molar-refractivity contribution in [2.75, 3.05) is 43.1 Å². The van der Waals surface area contributed by atoms with Crippen LogP contribution < -0.4 is 16.0 Å². The van der Waals surface area contributed by atoms with Crippen LogP contribution in [0.3, 0.4) is 0 Å².